The lowest BCUT2D eigenvalue weighted by molar-refractivity contribution is -0.137. The molecule has 1 aliphatic heterocycles. The molecular formula is C21H18ClNO4S2. The Morgan fingerprint density at radius 2 is 1.86 bits per heavy atom. The summed E-state index contributed by atoms with van der Waals surface area (Å²) < 4.78 is 6.22. The normalized spacial score (nSPS) is 15.2. The summed E-state index contributed by atoms with van der Waals surface area (Å²) in [5.74, 6) is -0.351. The molecule has 1 aliphatic rings. The molecule has 29 heavy (non-hydrogen) atoms. The number of ether oxygens (including phenoxy) is 1. The summed E-state index contributed by atoms with van der Waals surface area (Å²) in [4.78, 5) is 25.1. The molecule has 1 amide bonds. The van der Waals surface area contributed by atoms with Gasteiger partial charge in [0.15, 0.2) is 0 Å². The van der Waals surface area contributed by atoms with Gasteiger partial charge < -0.3 is 9.84 Å². The molecule has 0 saturated carbocycles. The number of thioether (sulfide) groups is 1. The number of hydrogen-bond acceptors (Lipinski definition) is 5. The standard InChI is InChI=1S/C21H18ClNO4S2/c22-16-7-3-15(4-8-16)13-27-17-9-5-14(6-10-17)12-18-20(26)23(21(28)29-18)11-1-2-19(24)25/h3-10,12H,1-2,11,13H2,(H,24,25). The second-order valence-electron chi connectivity index (χ2n) is 6.31. The zero-order valence-corrected chi connectivity index (χ0v) is 17.7. The van der Waals surface area contributed by atoms with Gasteiger partial charge in [0.2, 0.25) is 0 Å². The van der Waals surface area contributed by atoms with E-state index >= 15 is 0 Å². The summed E-state index contributed by atoms with van der Waals surface area (Å²) in [5.41, 5.74) is 1.87. The van der Waals surface area contributed by atoms with Crippen LogP contribution in [0.1, 0.15) is 24.0 Å². The molecule has 0 aromatic heterocycles. The van der Waals surface area contributed by atoms with Crippen molar-refractivity contribution < 1.29 is 19.4 Å². The Kier molecular flexibility index (Phi) is 7.30. The first-order chi connectivity index (χ1) is 13.9. The Bertz CT molecular complexity index is 942. The van der Waals surface area contributed by atoms with Gasteiger partial charge in [-0.05, 0) is 47.9 Å². The number of halogens is 1. The molecule has 1 N–H and O–H groups in total. The second kappa shape index (κ2) is 9.91. The number of amides is 1. The van der Waals surface area contributed by atoms with Gasteiger partial charge in [0.05, 0.1) is 4.91 Å². The smallest absolute Gasteiger partial charge is 0.303 e. The molecule has 0 bridgehead atoms. The summed E-state index contributed by atoms with van der Waals surface area (Å²) in [7, 11) is 0. The third kappa shape index (κ3) is 6.06. The first-order valence-electron chi connectivity index (χ1n) is 8.87. The van der Waals surface area contributed by atoms with Gasteiger partial charge in [-0.1, -0.05) is 59.8 Å². The molecular weight excluding hydrogens is 430 g/mol. The molecule has 1 heterocycles. The average molecular weight is 448 g/mol. The first kappa shape index (κ1) is 21.4. The fourth-order valence-corrected chi connectivity index (χ4v) is 4.07. The second-order valence-corrected chi connectivity index (χ2v) is 8.43. The molecule has 5 nitrogen and oxygen atoms in total. The van der Waals surface area contributed by atoms with E-state index in [0.29, 0.717) is 33.8 Å². The van der Waals surface area contributed by atoms with Crippen LogP contribution in [0.2, 0.25) is 5.02 Å². The van der Waals surface area contributed by atoms with Gasteiger partial charge in [0, 0.05) is 18.0 Å². The highest BCUT2D eigenvalue weighted by atomic mass is 35.5. The molecule has 0 unspecified atom stereocenters. The third-order valence-electron chi connectivity index (χ3n) is 4.14. The van der Waals surface area contributed by atoms with Gasteiger partial charge in [0.25, 0.3) is 5.91 Å². The Balaban J connectivity index is 1.58. The number of nitrogens with zero attached hydrogens (tertiary/aromatic N) is 1. The van der Waals surface area contributed by atoms with Crippen molar-refractivity contribution in [1.29, 1.82) is 0 Å². The zero-order valence-electron chi connectivity index (χ0n) is 15.3. The van der Waals surface area contributed by atoms with Crippen LogP contribution in [0.5, 0.6) is 5.75 Å². The Morgan fingerprint density at radius 1 is 1.17 bits per heavy atom. The number of carboxylic acids is 1. The minimum absolute atomic E-state index is 0.00753. The minimum atomic E-state index is -0.885. The van der Waals surface area contributed by atoms with Crippen molar-refractivity contribution in [3.05, 3.63) is 69.6 Å². The fourth-order valence-electron chi connectivity index (χ4n) is 2.64. The van der Waals surface area contributed by atoms with E-state index in [2.05, 4.69) is 0 Å². The number of carbonyl (C=O) groups excluding carboxylic acids is 1. The van der Waals surface area contributed by atoms with Gasteiger partial charge in [-0.15, -0.1) is 0 Å². The molecule has 0 aliphatic carbocycles. The predicted molar refractivity (Wildman–Crippen MR) is 119 cm³/mol. The topological polar surface area (TPSA) is 66.8 Å². The predicted octanol–water partition coefficient (Wildman–Crippen LogP) is 4.99. The van der Waals surface area contributed by atoms with E-state index in [-0.39, 0.29) is 12.3 Å². The van der Waals surface area contributed by atoms with Crippen molar-refractivity contribution >= 4 is 57.9 Å². The summed E-state index contributed by atoms with van der Waals surface area (Å²) in [6.07, 6.45) is 2.15. The monoisotopic (exact) mass is 447 g/mol. The van der Waals surface area contributed by atoms with Crippen LogP contribution in [0.3, 0.4) is 0 Å². The van der Waals surface area contributed by atoms with Crippen LogP contribution in [0.4, 0.5) is 0 Å². The van der Waals surface area contributed by atoms with Crippen LogP contribution in [0.25, 0.3) is 6.08 Å². The molecule has 0 atom stereocenters. The largest absolute Gasteiger partial charge is 0.489 e. The number of aliphatic carboxylic acids is 1. The quantitative estimate of drug-likeness (QED) is 0.454. The summed E-state index contributed by atoms with van der Waals surface area (Å²) in [6.45, 7) is 0.747. The molecule has 150 valence electrons. The summed E-state index contributed by atoms with van der Waals surface area (Å²) >= 11 is 12.4. The molecule has 0 spiro atoms. The van der Waals surface area contributed by atoms with Gasteiger partial charge in [0.1, 0.15) is 16.7 Å². The molecule has 2 aromatic rings. The number of thiocarbonyl (C=S) groups is 1. The van der Waals surface area contributed by atoms with Crippen molar-refractivity contribution in [1.82, 2.24) is 4.90 Å². The maximum Gasteiger partial charge on any atom is 0.303 e. The van der Waals surface area contributed by atoms with Gasteiger partial charge in [-0.2, -0.15) is 0 Å². The van der Waals surface area contributed by atoms with Crippen LogP contribution in [-0.4, -0.2) is 32.7 Å². The lowest BCUT2D eigenvalue weighted by atomic mass is 10.2. The summed E-state index contributed by atoms with van der Waals surface area (Å²) in [5, 5.41) is 9.42. The fraction of sp³-hybridized carbons (Fsp3) is 0.190. The zero-order chi connectivity index (χ0) is 20.8. The molecule has 3 rings (SSSR count). The average Bonchev–Trinajstić information content (AvgIpc) is 2.96. The van der Waals surface area contributed by atoms with E-state index in [1.807, 2.05) is 48.5 Å². The maximum atomic E-state index is 12.5. The lowest BCUT2D eigenvalue weighted by Gasteiger charge is -2.13. The van der Waals surface area contributed by atoms with Crippen molar-refractivity contribution in [2.24, 2.45) is 0 Å². The van der Waals surface area contributed by atoms with Crippen LogP contribution in [-0.2, 0) is 16.2 Å². The van der Waals surface area contributed by atoms with Gasteiger partial charge in [-0.25, -0.2) is 0 Å². The van der Waals surface area contributed by atoms with Gasteiger partial charge in [-0.3, -0.25) is 14.5 Å². The highest BCUT2D eigenvalue weighted by Gasteiger charge is 2.31. The van der Waals surface area contributed by atoms with Crippen LogP contribution < -0.4 is 4.74 Å². The van der Waals surface area contributed by atoms with Crippen molar-refractivity contribution in [3.8, 4) is 5.75 Å². The highest BCUT2D eigenvalue weighted by molar-refractivity contribution is 8.26. The summed E-state index contributed by atoms with van der Waals surface area (Å²) in [6, 6.07) is 14.9. The number of benzene rings is 2. The Labute approximate surface area is 183 Å². The number of carbonyl (C=O) groups is 2. The van der Waals surface area contributed by atoms with Crippen LogP contribution in [0.15, 0.2) is 53.4 Å². The lowest BCUT2D eigenvalue weighted by Crippen LogP contribution is -2.29. The van der Waals surface area contributed by atoms with E-state index in [9.17, 15) is 9.59 Å². The van der Waals surface area contributed by atoms with Crippen molar-refractivity contribution in [2.45, 2.75) is 19.4 Å². The molecule has 1 fully saturated rings. The van der Waals surface area contributed by atoms with Crippen LogP contribution in [0, 0.1) is 0 Å². The molecule has 1 saturated heterocycles. The number of hydrogen-bond donors (Lipinski definition) is 1. The van der Waals surface area contributed by atoms with Crippen molar-refractivity contribution in [3.63, 3.8) is 0 Å². The first-order valence-corrected chi connectivity index (χ1v) is 10.5. The highest BCUT2D eigenvalue weighted by Crippen LogP contribution is 2.33. The SMILES string of the molecule is O=C(O)CCCN1C(=O)C(=Cc2ccc(OCc3ccc(Cl)cc3)cc2)SC1=S. The van der Waals surface area contributed by atoms with Crippen molar-refractivity contribution in [2.75, 3.05) is 6.54 Å². The molecule has 8 heteroatoms. The van der Waals surface area contributed by atoms with E-state index < -0.39 is 5.97 Å². The minimum Gasteiger partial charge on any atom is -0.489 e. The molecule has 0 radical (unpaired) electrons. The van der Waals surface area contributed by atoms with E-state index in [1.54, 1.807) is 6.08 Å². The van der Waals surface area contributed by atoms with Crippen LogP contribution >= 0.6 is 35.6 Å². The number of carboxylic acid groups (broad SMARTS) is 1. The Morgan fingerprint density at radius 3 is 2.52 bits per heavy atom. The Hall–Kier alpha value is -2.35. The van der Waals surface area contributed by atoms with E-state index in [1.165, 1.54) is 16.7 Å². The molecule has 2 aromatic carbocycles. The number of rotatable bonds is 8. The third-order valence-corrected chi connectivity index (χ3v) is 5.77. The van der Waals surface area contributed by atoms with Gasteiger partial charge >= 0.3 is 5.97 Å². The van der Waals surface area contributed by atoms with E-state index in [0.717, 1.165) is 16.9 Å². The maximum absolute atomic E-state index is 12.5. The van der Waals surface area contributed by atoms with E-state index in [4.69, 9.17) is 33.7 Å².